The summed E-state index contributed by atoms with van der Waals surface area (Å²) in [7, 11) is 4.79. The molecule has 0 saturated heterocycles. The number of benzene rings is 1. The van der Waals surface area contributed by atoms with E-state index in [2.05, 4.69) is 21.2 Å². The van der Waals surface area contributed by atoms with Crippen molar-refractivity contribution >= 4 is 15.9 Å². The van der Waals surface area contributed by atoms with Gasteiger partial charge in [-0.15, -0.1) is 0 Å². The van der Waals surface area contributed by atoms with Gasteiger partial charge in [-0.2, -0.15) is 0 Å². The lowest BCUT2D eigenvalue weighted by Gasteiger charge is -2.23. The van der Waals surface area contributed by atoms with Crippen LogP contribution in [0.15, 0.2) is 16.6 Å². The number of hydrogen-bond acceptors (Lipinski definition) is 3. The summed E-state index contributed by atoms with van der Waals surface area (Å²) in [6.45, 7) is 1.75. The molecule has 0 radical (unpaired) electrons. The second-order valence-corrected chi connectivity index (χ2v) is 4.77. The van der Waals surface area contributed by atoms with Crippen molar-refractivity contribution in [2.75, 3.05) is 27.8 Å². The maximum Gasteiger partial charge on any atom is 0.161 e. The van der Waals surface area contributed by atoms with Crippen molar-refractivity contribution < 1.29 is 13.9 Å². The molecule has 0 aliphatic rings. The van der Waals surface area contributed by atoms with E-state index in [1.807, 2.05) is 0 Å². The lowest BCUT2D eigenvalue weighted by Crippen LogP contribution is -2.29. The van der Waals surface area contributed by atoms with Crippen molar-refractivity contribution in [1.29, 1.82) is 0 Å². The van der Waals surface area contributed by atoms with Crippen molar-refractivity contribution in [2.45, 2.75) is 12.6 Å². The number of nitrogens with one attached hydrogen (secondary N) is 1. The molecule has 0 saturated carbocycles. The molecule has 0 fully saturated rings. The van der Waals surface area contributed by atoms with Crippen LogP contribution in [-0.4, -0.2) is 27.8 Å². The standard InChI is InChI=1S/C12H17BrFNO2/c1-12(14,7-15-2)8-5-10(16-3)11(17-4)6-9(8)13/h5-6,15H,7H2,1-4H3. The number of halogens is 2. The molecule has 0 aliphatic carbocycles. The fourth-order valence-corrected chi connectivity index (χ4v) is 2.42. The van der Waals surface area contributed by atoms with Gasteiger partial charge in [-0.05, 0) is 26.1 Å². The van der Waals surface area contributed by atoms with Crippen LogP contribution in [0, 0.1) is 0 Å². The minimum atomic E-state index is -1.48. The van der Waals surface area contributed by atoms with Crippen LogP contribution < -0.4 is 14.8 Å². The third-order valence-electron chi connectivity index (χ3n) is 2.54. The second kappa shape index (κ2) is 5.69. The first-order valence-corrected chi connectivity index (χ1v) is 6.01. The van der Waals surface area contributed by atoms with Crippen molar-refractivity contribution in [2.24, 2.45) is 0 Å². The Kier molecular flexibility index (Phi) is 4.77. The molecule has 0 amide bonds. The number of likely N-dealkylation sites (N-methyl/N-ethyl adjacent to an activating group) is 1. The van der Waals surface area contributed by atoms with Gasteiger partial charge in [0.1, 0.15) is 5.67 Å². The van der Waals surface area contributed by atoms with Gasteiger partial charge in [-0.1, -0.05) is 15.9 Å². The van der Waals surface area contributed by atoms with Gasteiger partial charge in [0.2, 0.25) is 0 Å². The predicted octanol–water partition coefficient (Wildman–Crippen LogP) is 2.87. The molecule has 0 heterocycles. The number of alkyl halides is 1. The van der Waals surface area contributed by atoms with E-state index < -0.39 is 5.67 Å². The number of hydrogen-bond donors (Lipinski definition) is 1. The van der Waals surface area contributed by atoms with E-state index in [9.17, 15) is 4.39 Å². The van der Waals surface area contributed by atoms with Crippen molar-refractivity contribution in [3.8, 4) is 11.5 Å². The highest BCUT2D eigenvalue weighted by molar-refractivity contribution is 9.10. The van der Waals surface area contributed by atoms with Gasteiger partial charge in [0.25, 0.3) is 0 Å². The zero-order valence-corrected chi connectivity index (χ0v) is 12.0. The fourth-order valence-electron chi connectivity index (χ4n) is 1.68. The van der Waals surface area contributed by atoms with Crippen LogP contribution in [0.25, 0.3) is 0 Å². The molecule has 3 nitrogen and oxygen atoms in total. The first-order valence-electron chi connectivity index (χ1n) is 5.21. The summed E-state index contributed by atoms with van der Waals surface area (Å²) in [6.07, 6.45) is 0. The van der Waals surface area contributed by atoms with E-state index in [1.54, 1.807) is 26.3 Å². The van der Waals surface area contributed by atoms with Crippen LogP contribution in [0.2, 0.25) is 0 Å². The highest BCUT2D eigenvalue weighted by Crippen LogP contribution is 2.39. The Morgan fingerprint density at radius 2 is 1.82 bits per heavy atom. The summed E-state index contributed by atoms with van der Waals surface area (Å²) in [5.41, 5.74) is -0.947. The van der Waals surface area contributed by atoms with Gasteiger partial charge in [-0.25, -0.2) is 4.39 Å². The zero-order valence-electron chi connectivity index (χ0n) is 10.4. The summed E-state index contributed by atoms with van der Waals surface area (Å²) in [5, 5.41) is 2.83. The van der Waals surface area contributed by atoms with Crippen molar-refractivity contribution in [1.82, 2.24) is 5.32 Å². The maximum atomic E-state index is 14.4. The van der Waals surface area contributed by atoms with Gasteiger partial charge < -0.3 is 14.8 Å². The van der Waals surface area contributed by atoms with Gasteiger partial charge in [0.05, 0.1) is 14.2 Å². The molecule has 5 heteroatoms. The van der Waals surface area contributed by atoms with E-state index in [1.165, 1.54) is 14.0 Å². The topological polar surface area (TPSA) is 30.5 Å². The SMILES string of the molecule is CNCC(C)(F)c1cc(OC)c(OC)cc1Br. The molecule has 96 valence electrons. The van der Waals surface area contributed by atoms with Crippen LogP contribution in [0.1, 0.15) is 12.5 Å². The van der Waals surface area contributed by atoms with Crippen LogP contribution in [-0.2, 0) is 5.67 Å². The largest absolute Gasteiger partial charge is 0.493 e. The molecular weight excluding hydrogens is 289 g/mol. The number of methoxy groups -OCH3 is 2. The Morgan fingerprint density at radius 1 is 1.29 bits per heavy atom. The smallest absolute Gasteiger partial charge is 0.161 e. The summed E-state index contributed by atoms with van der Waals surface area (Å²) in [5.74, 6) is 1.09. The average molecular weight is 306 g/mol. The summed E-state index contributed by atoms with van der Waals surface area (Å²) >= 11 is 3.35. The normalized spacial score (nSPS) is 14.2. The van der Waals surface area contributed by atoms with Crippen LogP contribution in [0.5, 0.6) is 11.5 Å². The number of rotatable bonds is 5. The molecule has 1 atom stereocenters. The third-order valence-corrected chi connectivity index (χ3v) is 3.20. The van der Waals surface area contributed by atoms with Crippen molar-refractivity contribution in [3.63, 3.8) is 0 Å². The first kappa shape index (κ1) is 14.3. The highest BCUT2D eigenvalue weighted by Gasteiger charge is 2.29. The zero-order chi connectivity index (χ0) is 13.1. The predicted molar refractivity (Wildman–Crippen MR) is 69.6 cm³/mol. The van der Waals surface area contributed by atoms with Gasteiger partial charge in [0.15, 0.2) is 11.5 Å². The monoisotopic (exact) mass is 305 g/mol. The molecule has 1 aromatic rings. The van der Waals surface area contributed by atoms with Crippen LogP contribution in [0.3, 0.4) is 0 Å². The molecule has 1 N–H and O–H groups in total. The quantitative estimate of drug-likeness (QED) is 0.907. The van der Waals surface area contributed by atoms with E-state index in [0.717, 1.165) is 0 Å². The lowest BCUT2D eigenvalue weighted by molar-refractivity contribution is 0.189. The van der Waals surface area contributed by atoms with E-state index >= 15 is 0 Å². The second-order valence-electron chi connectivity index (χ2n) is 3.91. The molecule has 0 aromatic heterocycles. The van der Waals surface area contributed by atoms with Gasteiger partial charge >= 0.3 is 0 Å². The molecule has 1 rings (SSSR count). The molecule has 1 aromatic carbocycles. The molecule has 0 bridgehead atoms. The lowest BCUT2D eigenvalue weighted by atomic mass is 9.97. The minimum Gasteiger partial charge on any atom is -0.493 e. The van der Waals surface area contributed by atoms with E-state index in [4.69, 9.17) is 9.47 Å². The average Bonchev–Trinajstić information content (AvgIpc) is 2.28. The first-order chi connectivity index (χ1) is 7.96. The molecule has 17 heavy (non-hydrogen) atoms. The van der Waals surface area contributed by atoms with Gasteiger partial charge in [0, 0.05) is 16.6 Å². The summed E-state index contributed by atoms with van der Waals surface area (Å²) in [6, 6.07) is 3.36. The fraction of sp³-hybridized carbons (Fsp3) is 0.500. The Hall–Kier alpha value is -0.810. The summed E-state index contributed by atoms with van der Waals surface area (Å²) in [4.78, 5) is 0. The molecule has 0 spiro atoms. The Balaban J connectivity index is 3.25. The molecular formula is C12H17BrFNO2. The maximum absolute atomic E-state index is 14.4. The Labute approximate surface area is 109 Å². The summed E-state index contributed by atoms with van der Waals surface area (Å²) < 4.78 is 25.4. The van der Waals surface area contributed by atoms with Crippen LogP contribution >= 0.6 is 15.9 Å². The molecule has 1 unspecified atom stereocenters. The van der Waals surface area contributed by atoms with E-state index in [-0.39, 0.29) is 6.54 Å². The Bertz CT molecular complexity index is 396. The van der Waals surface area contributed by atoms with Gasteiger partial charge in [-0.3, -0.25) is 0 Å². The van der Waals surface area contributed by atoms with Crippen LogP contribution in [0.4, 0.5) is 4.39 Å². The van der Waals surface area contributed by atoms with Crippen molar-refractivity contribution in [3.05, 3.63) is 22.2 Å². The Morgan fingerprint density at radius 3 is 2.29 bits per heavy atom. The minimum absolute atomic E-state index is 0.223. The third kappa shape index (κ3) is 3.10. The molecule has 0 aliphatic heterocycles. The highest BCUT2D eigenvalue weighted by atomic mass is 79.9. The number of ether oxygens (including phenoxy) is 2. The van der Waals surface area contributed by atoms with E-state index in [0.29, 0.717) is 21.5 Å².